The SMILES string of the molecule is CCOC(=O)C(C)C(=O)Nc1ccc(Cl)c(F)c1.Nc1ccc(Cl)c(F)c1. The fourth-order valence-electron chi connectivity index (χ4n) is 1.71. The molecule has 0 radical (unpaired) electrons. The molecule has 2 aromatic carbocycles. The first-order valence-electron chi connectivity index (χ1n) is 7.78. The number of rotatable bonds is 4. The van der Waals surface area contributed by atoms with E-state index >= 15 is 0 Å². The van der Waals surface area contributed by atoms with Crippen molar-refractivity contribution in [1.29, 1.82) is 0 Å². The molecule has 3 N–H and O–H groups in total. The van der Waals surface area contributed by atoms with Crippen molar-refractivity contribution in [2.24, 2.45) is 5.92 Å². The third-order valence-corrected chi connectivity index (χ3v) is 3.78. The number of ether oxygens (including phenoxy) is 1. The number of halogens is 4. The van der Waals surface area contributed by atoms with E-state index in [1.165, 1.54) is 31.2 Å². The Balaban J connectivity index is 0.000000337. The molecule has 1 amide bonds. The van der Waals surface area contributed by atoms with Crippen LogP contribution in [0.3, 0.4) is 0 Å². The third-order valence-electron chi connectivity index (χ3n) is 3.16. The van der Waals surface area contributed by atoms with Crippen LogP contribution in [0.5, 0.6) is 0 Å². The summed E-state index contributed by atoms with van der Waals surface area (Å²) in [5.74, 6) is -3.25. The van der Waals surface area contributed by atoms with Crippen LogP contribution in [0.1, 0.15) is 13.8 Å². The van der Waals surface area contributed by atoms with E-state index in [2.05, 4.69) is 5.32 Å². The molecule has 27 heavy (non-hydrogen) atoms. The zero-order chi connectivity index (χ0) is 20.6. The van der Waals surface area contributed by atoms with Crippen molar-refractivity contribution in [1.82, 2.24) is 0 Å². The summed E-state index contributed by atoms with van der Waals surface area (Å²) in [6, 6.07) is 8.00. The lowest BCUT2D eigenvalue weighted by molar-refractivity contribution is -0.150. The van der Waals surface area contributed by atoms with E-state index in [-0.39, 0.29) is 22.3 Å². The minimum absolute atomic E-state index is 0.0357. The Labute approximate surface area is 165 Å². The van der Waals surface area contributed by atoms with Crippen LogP contribution >= 0.6 is 23.2 Å². The van der Waals surface area contributed by atoms with Crippen molar-refractivity contribution >= 4 is 46.5 Å². The molecule has 0 aliphatic heterocycles. The second-order valence-corrected chi connectivity index (χ2v) is 6.08. The summed E-state index contributed by atoms with van der Waals surface area (Å²) in [4.78, 5) is 23.0. The number of nitrogens with two attached hydrogens (primary N) is 1. The monoisotopic (exact) mass is 418 g/mol. The molecule has 0 bridgehead atoms. The summed E-state index contributed by atoms with van der Waals surface area (Å²) in [6.07, 6.45) is 0. The van der Waals surface area contributed by atoms with Gasteiger partial charge in [-0.2, -0.15) is 0 Å². The lowest BCUT2D eigenvalue weighted by atomic mass is 10.1. The molecule has 5 nitrogen and oxygen atoms in total. The van der Waals surface area contributed by atoms with Crippen molar-refractivity contribution in [2.45, 2.75) is 13.8 Å². The molecule has 0 fully saturated rings. The summed E-state index contributed by atoms with van der Waals surface area (Å²) < 4.78 is 30.2. The van der Waals surface area contributed by atoms with Crippen LogP contribution in [-0.4, -0.2) is 18.5 Å². The number of carbonyl (C=O) groups excluding carboxylic acids is 2. The maximum atomic E-state index is 13.1. The maximum Gasteiger partial charge on any atom is 0.318 e. The summed E-state index contributed by atoms with van der Waals surface area (Å²) in [7, 11) is 0. The number of benzene rings is 2. The number of hydrogen-bond donors (Lipinski definition) is 2. The van der Waals surface area contributed by atoms with Gasteiger partial charge in [-0.3, -0.25) is 9.59 Å². The fourth-order valence-corrected chi connectivity index (χ4v) is 1.95. The summed E-state index contributed by atoms with van der Waals surface area (Å²) in [6.45, 7) is 3.27. The highest BCUT2D eigenvalue weighted by Crippen LogP contribution is 2.19. The average molecular weight is 419 g/mol. The fraction of sp³-hybridized carbons (Fsp3) is 0.222. The summed E-state index contributed by atoms with van der Waals surface area (Å²) >= 11 is 10.9. The number of amides is 1. The first kappa shape index (κ1) is 22.7. The summed E-state index contributed by atoms with van der Waals surface area (Å²) in [5.41, 5.74) is 5.85. The molecular formula is C18H18Cl2F2N2O3. The van der Waals surface area contributed by atoms with Gasteiger partial charge < -0.3 is 15.8 Å². The number of hydrogen-bond acceptors (Lipinski definition) is 4. The van der Waals surface area contributed by atoms with Gasteiger partial charge in [0.25, 0.3) is 0 Å². The van der Waals surface area contributed by atoms with Crippen molar-refractivity contribution in [3.05, 3.63) is 58.1 Å². The van der Waals surface area contributed by atoms with E-state index in [1.54, 1.807) is 13.0 Å². The van der Waals surface area contributed by atoms with Gasteiger partial charge >= 0.3 is 5.97 Å². The lowest BCUT2D eigenvalue weighted by Gasteiger charge is -2.11. The highest BCUT2D eigenvalue weighted by molar-refractivity contribution is 6.31. The van der Waals surface area contributed by atoms with Gasteiger partial charge in [0, 0.05) is 11.4 Å². The molecule has 9 heteroatoms. The number of nitrogens with one attached hydrogen (secondary N) is 1. The molecule has 0 spiro atoms. The average Bonchev–Trinajstić information content (AvgIpc) is 2.61. The van der Waals surface area contributed by atoms with Crippen LogP contribution in [0.15, 0.2) is 36.4 Å². The highest BCUT2D eigenvalue weighted by atomic mass is 35.5. The molecule has 0 aromatic heterocycles. The third kappa shape index (κ3) is 7.40. The normalized spacial score (nSPS) is 11.0. The van der Waals surface area contributed by atoms with Crippen molar-refractivity contribution in [3.8, 4) is 0 Å². The molecule has 1 atom stereocenters. The topological polar surface area (TPSA) is 81.4 Å². The number of esters is 1. The number of anilines is 2. The second kappa shape index (κ2) is 10.7. The molecule has 0 saturated carbocycles. The van der Waals surface area contributed by atoms with Gasteiger partial charge in [0.1, 0.15) is 17.6 Å². The zero-order valence-corrected chi connectivity index (χ0v) is 16.1. The van der Waals surface area contributed by atoms with Crippen molar-refractivity contribution < 1.29 is 23.1 Å². The Hall–Kier alpha value is -2.38. The molecule has 146 valence electrons. The lowest BCUT2D eigenvalue weighted by Crippen LogP contribution is -2.28. The predicted octanol–water partition coefficient (Wildman–Crippen LogP) is 4.68. The molecule has 1 unspecified atom stereocenters. The van der Waals surface area contributed by atoms with Gasteiger partial charge in [0.15, 0.2) is 0 Å². The Morgan fingerprint density at radius 1 is 1.11 bits per heavy atom. The van der Waals surface area contributed by atoms with Crippen molar-refractivity contribution in [3.63, 3.8) is 0 Å². The van der Waals surface area contributed by atoms with Gasteiger partial charge in [0.05, 0.1) is 16.7 Å². The molecule has 2 rings (SSSR count). The van der Waals surface area contributed by atoms with Crippen LogP contribution in [-0.2, 0) is 14.3 Å². The Morgan fingerprint density at radius 3 is 2.15 bits per heavy atom. The van der Waals surface area contributed by atoms with Crippen LogP contribution in [0.2, 0.25) is 10.0 Å². The molecule has 0 saturated heterocycles. The van der Waals surface area contributed by atoms with Crippen LogP contribution in [0.25, 0.3) is 0 Å². The van der Waals surface area contributed by atoms with Gasteiger partial charge in [-0.15, -0.1) is 0 Å². The van der Waals surface area contributed by atoms with E-state index in [0.29, 0.717) is 5.69 Å². The van der Waals surface area contributed by atoms with Gasteiger partial charge in [-0.25, -0.2) is 8.78 Å². The predicted molar refractivity (Wildman–Crippen MR) is 102 cm³/mol. The van der Waals surface area contributed by atoms with Crippen molar-refractivity contribution in [2.75, 3.05) is 17.7 Å². The van der Waals surface area contributed by atoms with E-state index in [9.17, 15) is 18.4 Å². The van der Waals surface area contributed by atoms with E-state index in [0.717, 1.165) is 6.07 Å². The first-order chi connectivity index (χ1) is 12.6. The molecule has 2 aromatic rings. The Morgan fingerprint density at radius 2 is 1.67 bits per heavy atom. The maximum absolute atomic E-state index is 13.1. The Kier molecular flexibility index (Phi) is 8.97. The van der Waals surface area contributed by atoms with Crippen LogP contribution in [0, 0.1) is 17.6 Å². The van der Waals surface area contributed by atoms with E-state index in [1.807, 2.05) is 0 Å². The smallest absolute Gasteiger partial charge is 0.318 e. The molecule has 0 heterocycles. The van der Waals surface area contributed by atoms with Gasteiger partial charge in [0.2, 0.25) is 5.91 Å². The highest BCUT2D eigenvalue weighted by Gasteiger charge is 2.22. The first-order valence-corrected chi connectivity index (χ1v) is 8.54. The zero-order valence-electron chi connectivity index (χ0n) is 14.6. The molecular weight excluding hydrogens is 401 g/mol. The van der Waals surface area contributed by atoms with Gasteiger partial charge in [-0.05, 0) is 50.2 Å². The Bertz CT molecular complexity index is 819. The molecule has 0 aliphatic rings. The van der Waals surface area contributed by atoms with Crippen LogP contribution < -0.4 is 11.1 Å². The number of nitrogen functional groups attached to an aromatic ring is 1. The quantitative estimate of drug-likeness (QED) is 0.429. The van der Waals surface area contributed by atoms with E-state index < -0.39 is 29.4 Å². The largest absolute Gasteiger partial charge is 0.465 e. The standard InChI is InChI=1S/C12H13ClFNO3.C6H5ClFN/c1-3-18-12(17)7(2)11(16)15-8-4-5-9(13)10(14)6-8;7-5-2-1-4(9)3-6(5)8/h4-7H,3H2,1-2H3,(H,15,16);1-3H,9H2. The summed E-state index contributed by atoms with van der Waals surface area (Å²) in [5, 5.41) is 2.48. The second-order valence-electron chi connectivity index (χ2n) is 5.27. The number of carbonyl (C=O) groups is 2. The molecule has 0 aliphatic carbocycles. The van der Waals surface area contributed by atoms with Gasteiger partial charge in [-0.1, -0.05) is 23.2 Å². The minimum Gasteiger partial charge on any atom is -0.465 e. The van der Waals surface area contributed by atoms with E-state index in [4.69, 9.17) is 33.7 Å². The minimum atomic E-state index is -0.955. The van der Waals surface area contributed by atoms with Crippen LogP contribution in [0.4, 0.5) is 20.2 Å².